The zero-order valence-corrected chi connectivity index (χ0v) is 10.5. The highest BCUT2D eigenvalue weighted by Crippen LogP contribution is 2.07. The molecule has 0 aliphatic heterocycles. The summed E-state index contributed by atoms with van der Waals surface area (Å²) in [5.41, 5.74) is 6.59. The van der Waals surface area contributed by atoms with E-state index in [1.54, 1.807) is 0 Å². The second kappa shape index (κ2) is 5.25. The minimum absolute atomic E-state index is 0.0593. The van der Waals surface area contributed by atoms with Crippen LogP contribution < -0.4 is 5.73 Å². The van der Waals surface area contributed by atoms with E-state index in [1.165, 1.54) is 0 Å². The van der Waals surface area contributed by atoms with E-state index in [2.05, 4.69) is 18.9 Å². The number of Topliss-reactive ketones (excluding diaryl/α,β-unsaturated/α-hetero) is 1. The predicted octanol–water partition coefficient (Wildman–Crippen LogP) is 1.56. The number of aromatic nitrogens is 2. The zero-order valence-electron chi connectivity index (χ0n) is 10.5. The van der Waals surface area contributed by atoms with Crippen molar-refractivity contribution in [1.29, 1.82) is 0 Å². The summed E-state index contributed by atoms with van der Waals surface area (Å²) in [5.74, 6) is 0.240. The van der Waals surface area contributed by atoms with Gasteiger partial charge in [0, 0.05) is 12.2 Å². The largest absolute Gasteiger partial charge is 0.321 e. The molecule has 0 amide bonds. The summed E-state index contributed by atoms with van der Waals surface area (Å²) < 4.78 is 1.85. The molecule has 1 unspecified atom stereocenters. The van der Waals surface area contributed by atoms with Gasteiger partial charge in [-0.05, 0) is 25.8 Å². The van der Waals surface area contributed by atoms with Crippen LogP contribution in [0.15, 0.2) is 12.3 Å². The summed E-state index contributed by atoms with van der Waals surface area (Å²) in [6.07, 6.45) is 2.23. The lowest BCUT2D eigenvalue weighted by molar-refractivity contribution is -0.120. The minimum atomic E-state index is -0.385. The van der Waals surface area contributed by atoms with Gasteiger partial charge in [0.05, 0.1) is 18.2 Å². The molecule has 1 heterocycles. The van der Waals surface area contributed by atoms with Gasteiger partial charge in [0.15, 0.2) is 5.78 Å². The predicted molar refractivity (Wildman–Crippen MR) is 64.1 cm³/mol. The summed E-state index contributed by atoms with van der Waals surface area (Å²) in [5, 5.41) is 4.33. The number of nitrogens with two attached hydrogens (primary N) is 1. The third-order valence-corrected chi connectivity index (χ3v) is 2.64. The van der Waals surface area contributed by atoms with Crippen molar-refractivity contribution in [2.75, 3.05) is 0 Å². The van der Waals surface area contributed by atoms with Crippen molar-refractivity contribution in [2.45, 2.75) is 46.2 Å². The molecule has 1 aromatic heterocycles. The van der Waals surface area contributed by atoms with E-state index in [9.17, 15) is 4.79 Å². The number of rotatable bonds is 5. The monoisotopic (exact) mass is 223 g/mol. The molecule has 0 saturated carbocycles. The Morgan fingerprint density at radius 2 is 2.06 bits per heavy atom. The number of hydrogen-bond donors (Lipinski definition) is 1. The summed E-state index contributed by atoms with van der Waals surface area (Å²) in [4.78, 5) is 11.8. The van der Waals surface area contributed by atoms with Crippen LogP contribution in [0.25, 0.3) is 0 Å². The zero-order chi connectivity index (χ0) is 12.3. The molecular formula is C12H21N3O. The molecule has 0 saturated heterocycles. The Hall–Kier alpha value is -1.16. The number of hydrogen-bond acceptors (Lipinski definition) is 3. The Morgan fingerprint density at radius 1 is 1.44 bits per heavy atom. The van der Waals surface area contributed by atoms with Gasteiger partial charge in [0.2, 0.25) is 0 Å². The first-order valence-corrected chi connectivity index (χ1v) is 5.74. The van der Waals surface area contributed by atoms with E-state index >= 15 is 0 Å². The molecule has 0 aliphatic rings. The summed E-state index contributed by atoms with van der Waals surface area (Å²) in [7, 11) is 0. The van der Waals surface area contributed by atoms with Crippen LogP contribution in [0.4, 0.5) is 0 Å². The second-order valence-electron chi connectivity index (χ2n) is 4.79. The van der Waals surface area contributed by atoms with Crippen LogP contribution in [-0.2, 0) is 11.2 Å². The van der Waals surface area contributed by atoms with Crippen LogP contribution in [0.2, 0.25) is 0 Å². The number of carbonyl (C=O) groups excluding carboxylic acids is 1. The molecule has 0 aromatic carbocycles. The maximum absolute atomic E-state index is 11.8. The first-order chi connectivity index (χ1) is 7.41. The van der Waals surface area contributed by atoms with E-state index in [4.69, 9.17) is 5.73 Å². The van der Waals surface area contributed by atoms with Gasteiger partial charge in [-0.2, -0.15) is 5.10 Å². The van der Waals surface area contributed by atoms with Gasteiger partial charge >= 0.3 is 0 Å². The van der Waals surface area contributed by atoms with Gasteiger partial charge in [-0.25, -0.2) is 0 Å². The minimum Gasteiger partial charge on any atom is -0.321 e. The normalized spacial score (nSPS) is 13.4. The molecule has 4 nitrogen and oxygen atoms in total. The highest BCUT2D eigenvalue weighted by molar-refractivity contribution is 5.85. The first-order valence-electron chi connectivity index (χ1n) is 5.74. The molecule has 4 heteroatoms. The number of ketones is 1. The molecule has 0 spiro atoms. The third-order valence-electron chi connectivity index (χ3n) is 2.64. The van der Waals surface area contributed by atoms with E-state index in [-0.39, 0.29) is 17.7 Å². The SMILES string of the molecule is CC(C)C(N)C(=O)Cc1ccn(C(C)C)n1. The molecule has 0 bridgehead atoms. The van der Waals surface area contributed by atoms with Gasteiger partial charge in [-0.3, -0.25) is 9.48 Å². The Bertz CT molecular complexity index is 355. The van der Waals surface area contributed by atoms with Crippen LogP contribution >= 0.6 is 0 Å². The van der Waals surface area contributed by atoms with Crippen LogP contribution in [-0.4, -0.2) is 21.6 Å². The fraction of sp³-hybridized carbons (Fsp3) is 0.667. The van der Waals surface area contributed by atoms with Crippen molar-refractivity contribution in [1.82, 2.24) is 9.78 Å². The Balaban J connectivity index is 2.63. The average Bonchev–Trinajstić information content (AvgIpc) is 2.64. The third kappa shape index (κ3) is 3.17. The van der Waals surface area contributed by atoms with Crippen molar-refractivity contribution < 1.29 is 4.79 Å². The van der Waals surface area contributed by atoms with Gasteiger partial charge < -0.3 is 5.73 Å². The average molecular weight is 223 g/mol. The Labute approximate surface area is 96.8 Å². The van der Waals surface area contributed by atoms with Gasteiger partial charge in [-0.1, -0.05) is 13.8 Å². The summed E-state index contributed by atoms with van der Waals surface area (Å²) >= 11 is 0. The van der Waals surface area contributed by atoms with Crippen LogP contribution in [0.1, 0.15) is 39.4 Å². The highest BCUT2D eigenvalue weighted by Gasteiger charge is 2.18. The standard InChI is InChI=1S/C12H21N3O/c1-8(2)12(13)11(16)7-10-5-6-15(14-10)9(3)4/h5-6,8-9,12H,7,13H2,1-4H3. The fourth-order valence-electron chi connectivity index (χ4n) is 1.43. The molecule has 1 aromatic rings. The molecule has 0 aliphatic carbocycles. The quantitative estimate of drug-likeness (QED) is 0.824. The fourth-order valence-corrected chi connectivity index (χ4v) is 1.43. The molecule has 1 rings (SSSR count). The van der Waals surface area contributed by atoms with Crippen molar-refractivity contribution in [2.24, 2.45) is 11.7 Å². The molecule has 1 atom stereocenters. The number of nitrogens with zero attached hydrogens (tertiary/aromatic N) is 2. The van der Waals surface area contributed by atoms with Crippen molar-refractivity contribution >= 4 is 5.78 Å². The first kappa shape index (κ1) is 12.9. The molecule has 2 N–H and O–H groups in total. The molecular weight excluding hydrogens is 202 g/mol. The smallest absolute Gasteiger partial charge is 0.155 e. The van der Waals surface area contributed by atoms with E-state index in [1.807, 2.05) is 30.8 Å². The van der Waals surface area contributed by atoms with Crippen molar-refractivity contribution in [3.63, 3.8) is 0 Å². The summed E-state index contributed by atoms with van der Waals surface area (Å²) in [6.45, 7) is 8.02. The van der Waals surface area contributed by atoms with Gasteiger partial charge in [0.25, 0.3) is 0 Å². The maximum Gasteiger partial charge on any atom is 0.155 e. The molecule has 0 fully saturated rings. The van der Waals surface area contributed by atoms with Crippen molar-refractivity contribution in [3.05, 3.63) is 18.0 Å². The molecule has 0 radical (unpaired) electrons. The van der Waals surface area contributed by atoms with Gasteiger partial charge in [0.1, 0.15) is 0 Å². The van der Waals surface area contributed by atoms with Crippen LogP contribution in [0.3, 0.4) is 0 Å². The van der Waals surface area contributed by atoms with Crippen LogP contribution in [0.5, 0.6) is 0 Å². The van der Waals surface area contributed by atoms with E-state index < -0.39 is 0 Å². The number of carbonyl (C=O) groups is 1. The lowest BCUT2D eigenvalue weighted by Gasteiger charge is -2.13. The Kier molecular flexibility index (Phi) is 4.24. The second-order valence-corrected chi connectivity index (χ2v) is 4.79. The highest BCUT2D eigenvalue weighted by atomic mass is 16.1. The molecule has 16 heavy (non-hydrogen) atoms. The van der Waals surface area contributed by atoms with E-state index in [0.29, 0.717) is 12.5 Å². The molecule has 90 valence electrons. The Morgan fingerprint density at radius 3 is 2.50 bits per heavy atom. The van der Waals surface area contributed by atoms with Crippen LogP contribution in [0, 0.1) is 5.92 Å². The van der Waals surface area contributed by atoms with Gasteiger partial charge in [-0.15, -0.1) is 0 Å². The maximum atomic E-state index is 11.8. The summed E-state index contributed by atoms with van der Waals surface area (Å²) in [6, 6.07) is 1.82. The van der Waals surface area contributed by atoms with E-state index in [0.717, 1.165) is 5.69 Å². The lowest BCUT2D eigenvalue weighted by atomic mass is 9.98. The van der Waals surface area contributed by atoms with Crippen molar-refractivity contribution in [3.8, 4) is 0 Å². The lowest BCUT2D eigenvalue weighted by Crippen LogP contribution is -2.36. The topological polar surface area (TPSA) is 60.9 Å².